The molecule has 0 amide bonds. The summed E-state index contributed by atoms with van der Waals surface area (Å²) in [7, 11) is 1.75. The molecule has 0 aliphatic carbocycles. The molecular formula is C13H15F3N4. The van der Waals surface area contributed by atoms with Gasteiger partial charge in [0, 0.05) is 24.7 Å². The van der Waals surface area contributed by atoms with Crippen molar-refractivity contribution < 1.29 is 13.2 Å². The van der Waals surface area contributed by atoms with Crippen LogP contribution in [0.2, 0.25) is 0 Å². The van der Waals surface area contributed by atoms with Gasteiger partial charge in [-0.25, -0.2) is 13.2 Å². The Balaban J connectivity index is 2.34. The summed E-state index contributed by atoms with van der Waals surface area (Å²) in [5, 5.41) is 4.17. The smallest absolute Gasteiger partial charge is 0.194 e. The van der Waals surface area contributed by atoms with E-state index in [2.05, 4.69) is 10.5 Å². The number of hydrogen-bond donors (Lipinski definition) is 2. The number of nitrogens with two attached hydrogens (primary N) is 1. The highest BCUT2D eigenvalue weighted by Gasteiger charge is 2.21. The second-order valence-corrected chi connectivity index (χ2v) is 4.59. The molecule has 0 aliphatic heterocycles. The minimum Gasteiger partial charge on any atom is -0.272 e. The maximum atomic E-state index is 13.8. The van der Waals surface area contributed by atoms with Crippen LogP contribution in [0.4, 0.5) is 13.2 Å². The normalized spacial score (nSPS) is 12.7. The number of aryl methyl sites for hydroxylation is 2. The second kappa shape index (κ2) is 5.64. The van der Waals surface area contributed by atoms with Gasteiger partial charge in [-0.15, -0.1) is 0 Å². The molecule has 0 aliphatic rings. The number of nitrogens with zero attached hydrogens (tertiary/aromatic N) is 2. The van der Waals surface area contributed by atoms with E-state index in [0.717, 1.165) is 17.5 Å². The molecule has 2 rings (SSSR count). The molecule has 1 aromatic heterocycles. The first-order valence-electron chi connectivity index (χ1n) is 6.03. The highest BCUT2D eigenvalue weighted by molar-refractivity contribution is 5.25. The van der Waals surface area contributed by atoms with Crippen LogP contribution >= 0.6 is 0 Å². The maximum absolute atomic E-state index is 13.8. The fourth-order valence-electron chi connectivity index (χ4n) is 2.13. The Labute approximate surface area is 114 Å². The summed E-state index contributed by atoms with van der Waals surface area (Å²) in [6.45, 7) is 1.83. The van der Waals surface area contributed by atoms with Crippen molar-refractivity contribution in [2.45, 2.75) is 19.4 Å². The molecule has 1 unspecified atom stereocenters. The van der Waals surface area contributed by atoms with Crippen molar-refractivity contribution >= 4 is 0 Å². The topological polar surface area (TPSA) is 55.9 Å². The van der Waals surface area contributed by atoms with E-state index in [9.17, 15) is 13.2 Å². The van der Waals surface area contributed by atoms with Crippen LogP contribution in [0.25, 0.3) is 0 Å². The molecule has 7 heteroatoms. The first-order valence-corrected chi connectivity index (χ1v) is 6.03. The summed E-state index contributed by atoms with van der Waals surface area (Å²) in [4.78, 5) is 0. The molecule has 0 saturated heterocycles. The zero-order valence-corrected chi connectivity index (χ0v) is 11.1. The molecule has 3 N–H and O–H groups in total. The zero-order valence-electron chi connectivity index (χ0n) is 11.1. The molecule has 108 valence electrons. The second-order valence-electron chi connectivity index (χ2n) is 4.59. The fourth-order valence-corrected chi connectivity index (χ4v) is 2.13. The van der Waals surface area contributed by atoms with Gasteiger partial charge in [-0.3, -0.25) is 16.0 Å². The van der Waals surface area contributed by atoms with Crippen molar-refractivity contribution in [3.05, 3.63) is 52.6 Å². The largest absolute Gasteiger partial charge is 0.272 e. The Morgan fingerprint density at radius 2 is 2.00 bits per heavy atom. The van der Waals surface area contributed by atoms with Crippen LogP contribution in [0.1, 0.15) is 23.0 Å². The Kier molecular flexibility index (Phi) is 4.10. The molecule has 0 spiro atoms. The summed E-state index contributed by atoms with van der Waals surface area (Å²) in [5.41, 5.74) is 4.01. The van der Waals surface area contributed by atoms with E-state index in [4.69, 9.17) is 5.84 Å². The Morgan fingerprint density at radius 1 is 1.30 bits per heavy atom. The van der Waals surface area contributed by atoms with Crippen LogP contribution < -0.4 is 11.3 Å². The number of rotatable bonds is 4. The molecule has 1 aromatic carbocycles. The van der Waals surface area contributed by atoms with Crippen molar-refractivity contribution in [1.82, 2.24) is 15.2 Å². The molecule has 0 radical (unpaired) electrons. The van der Waals surface area contributed by atoms with E-state index in [1.807, 2.05) is 13.0 Å². The van der Waals surface area contributed by atoms with Crippen molar-refractivity contribution in [2.75, 3.05) is 0 Å². The van der Waals surface area contributed by atoms with E-state index in [0.29, 0.717) is 6.42 Å². The minimum atomic E-state index is -1.50. The lowest BCUT2D eigenvalue weighted by atomic mass is 10.0. The van der Waals surface area contributed by atoms with Gasteiger partial charge in [-0.2, -0.15) is 5.10 Å². The Bertz CT molecular complexity index is 624. The lowest BCUT2D eigenvalue weighted by Gasteiger charge is -2.17. The number of hydrogen-bond acceptors (Lipinski definition) is 3. The predicted molar refractivity (Wildman–Crippen MR) is 68.0 cm³/mol. The summed E-state index contributed by atoms with van der Waals surface area (Å²) in [5.74, 6) is 1.45. The van der Waals surface area contributed by atoms with E-state index >= 15 is 0 Å². The first kappa shape index (κ1) is 14.5. The van der Waals surface area contributed by atoms with Gasteiger partial charge in [-0.1, -0.05) is 6.07 Å². The fraction of sp³-hybridized carbons (Fsp3) is 0.308. The average Bonchev–Trinajstić information content (AvgIpc) is 2.72. The molecular weight excluding hydrogens is 269 g/mol. The monoisotopic (exact) mass is 284 g/mol. The van der Waals surface area contributed by atoms with Gasteiger partial charge in [-0.05, 0) is 19.1 Å². The van der Waals surface area contributed by atoms with Crippen molar-refractivity contribution in [3.8, 4) is 0 Å². The van der Waals surface area contributed by atoms with E-state index in [-0.39, 0.29) is 5.56 Å². The lowest BCUT2D eigenvalue weighted by Crippen LogP contribution is -2.31. The van der Waals surface area contributed by atoms with Crippen LogP contribution in [-0.2, 0) is 13.5 Å². The summed E-state index contributed by atoms with van der Waals surface area (Å²) in [6, 6.07) is 3.20. The molecule has 2 aromatic rings. The SMILES string of the molecule is Cc1cc(CC(NN)c2ccc(F)c(F)c2F)n(C)n1. The Morgan fingerprint density at radius 3 is 2.55 bits per heavy atom. The van der Waals surface area contributed by atoms with Crippen LogP contribution in [0.5, 0.6) is 0 Å². The molecule has 0 saturated carbocycles. The van der Waals surface area contributed by atoms with E-state index < -0.39 is 23.5 Å². The number of nitrogens with one attached hydrogen (secondary N) is 1. The van der Waals surface area contributed by atoms with Crippen molar-refractivity contribution in [3.63, 3.8) is 0 Å². The zero-order chi connectivity index (χ0) is 14.9. The third kappa shape index (κ3) is 2.68. The molecule has 20 heavy (non-hydrogen) atoms. The summed E-state index contributed by atoms with van der Waals surface area (Å²) < 4.78 is 41.6. The maximum Gasteiger partial charge on any atom is 0.194 e. The van der Waals surface area contributed by atoms with Crippen LogP contribution in [0.15, 0.2) is 18.2 Å². The van der Waals surface area contributed by atoms with Gasteiger partial charge < -0.3 is 0 Å². The quantitative estimate of drug-likeness (QED) is 0.512. The van der Waals surface area contributed by atoms with Crippen molar-refractivity contribution in [1.29, 1.82) is 0 Å². The standard InChI is InChI=1S/C13H15F3N4/c1-7-5-8(20(2)19-7)6-11(18-17)9-3-4-10(14)13(16)12(9)15/h3-5,11,18H,6,17H2,1-2H3. The Hall–Kier alpha value is -1.86. The minimum absolute atomic E-state index is 0.0229. The highest BCUT2D eigenvalue weighted by Crippen LogP contribution is 2.24. The number of hydrazine groups is 1. The van der Waals surface area contributed by atoms with Crippen LogP contribution in [0.3, 0.4) is 0 Å². The number of aromatic nitrogens is 2. The molecule has 1 atom stereocenters. The van der Waals surface area contributed by atoms with Gasteiger partial charge in [0.1, 0.15) is 0 Å². The van der Waals surface area contributed by atoms with Gasteiger partial charge >= 0.3 is 0 Å². The lowest BCUT2D eigenvalue weighted by molar-refractivity contribution is 0.422. The van der Waals surface area contributed by atoms with Crippen LogP contribution in [0, 0.1) is 24.4 Å². The van der Waals surface area contributed by atoms with E-state index in [1.165, 1.54) is 6.07 Å². The van der Waals surface area contributed by atoms with Crippen molar-refractivity contribution in [2.24, 2.45) is 12.9 Å². The molecule has 4 nitrogen and oxygen atoms in total. The van der Waals surface area contributed by atoms with E-state index in [1.54, 1.807) is 11.7 Å². The molecule has 1 heterocycles. The summed E-state index contributed by atoms with van der Waals surface area (Å²) in [6.07, 6.45) is 0.301. The number of halogens is 3. The molecule has 0 fully saturated rings. The third-order valence-electron chi connectivity index (χ3n) is 3.15. The molecule has 0 bridgehead atoms. The van der Waals surface area contributed by atoms with Gasteiger partial charge in [0.15, 0.2) is 17.5 Å². The number of benzene rings is 1. The predicted octanol–water partition coefficient (Wildman–Crippen LogP) is 1.89. The first-order chi connectivity index (χ1) is 9.43. The van der Waals surface area contributed by atoms with Gasteiger partial charge in [0.2, 0.25) is 0 Å². The highest BCUT2D eigenvalue weighted by atomic mass is 19.2. The van der Waals surface area contributed by atoms with Crippen LogP contribution in [-0.4, -0.2) is 9.78 Å². The third-order valence-corrected chi connectivity index (χ3v) is 3.15. The average molecular weight is 284 g/mol. The van der Waals surface area contributed by atoms with Gasteiger partial charge in [0.05, 0.1) is 11.7 Å². The summed E-state index contributed by atoms with van der Waals surface area (Å²) >= 11 is 0. The van der Waals surface area contributed by atoms with Gasteiger partial charge in [0.25, 0.3) is 0 Å².